The molecule has 274 valence electrons. The highest BCUT2D eigenvalue weighted by molar-refractivity contribution is 5.86. The lowest BCUT2D eigenvalue weighted by Crippen LogP contribution is -2.51. The van der Waals surface area contributed by atoms with Crippen LogP contribution in [0.1, 0.15) is 90.5 Å². The van der Waals surface area contributed by atoms with Crippen LogP contribution in [0, 0.1) is 11.8 Å². The van der Waals surface area contributed by atoms with E-state index in [-0.39, 0.29) is 36.0 Å². The van der Waals surface area contributed by atoms with Gasteiger partial charge in [0.05, 0.1) is 43.0 Å². The number of imidazole rings is 2. The third kappa shape index (κ3) is 7.03. The number of H-pyrrole nitrogens is 2. The number of nitrogens with one attached hydrogen (secondary N) is 3. The fraction of sp³-hybridized carbons (Fsp3) is 0.475. The highest BCUT2D eigenvalue weighted by Gasteiger charge is 2.51. The number of hydrogen-bond donors (Lipinski definition) is 3. The van der Waals surface area contributed by atoms with Gasteiger partial charge in [-0.15, -0.1) is 0 Å². The smallest absolute Gasteiger partial charge is 0.411 e. The second-order valence-electron chi connectivity index (χ2n) is 15.6. The summed E-state index contributed by atoms with van der Waals surface area (Å²) >= 11 is 0. The Kier molecular flexibility index (Phi) is 9.58. The Bertz CT molecular complexity index is 1910. The zero-order valence-electron chi connectivity index (χ0n) is 30.8. The summed E-state index contributed by atoms with van der Waals surface area (Å²) in [7, 11) is 1.30. The van der Waals surface area contributed by atoms with Crippen molar-refractivity contribution in [2.75, 3.05) is 13.7 Å². The van der Waals surface area contributed by atoms with E-state index in [1.165, 1.54) is 7.11 Å². The number of alkyl carbamates (subject to hydrolysis) is 1. The van der Waals surface area contributed by atoms with Gasteiger partial charge in [-0.05, 0) is 87.0 Å². The number of nitrogens with zero attached hydrogens (tertiary/aromatic N) is 4. The van der Waals surface area contributed by atoms with E-state index in [4.69, 9.17) is 14.5 Å². The van der Waals surface area contributed by atoms with Crippen LogP contribution >= 0.6 is 0 Å². The van der Waals surface area contributed by atoms with E-state index in [2.05, 4.69) is 68.8 Å². The van der Waals surface area contributed by atoms with Crippen molar-refractivity contribution in [3.63, 3.8) is 0 Å². The normalized spacial score (nSPS) is 21.8. The topological polar surface area (TPSA) is 146 Å². The Morgan fingerprint density at radius 3 is 2.00 bits per heavy atom. The number of fused-ring (bicyclic) bond motifs is 2. The summed E-state index contributed by atoms with van der Waals surface area (Å²) in [6.45, 7) is 10.1. The van der Waals surface area contributed by atoms with Gasteiger partial charge in [0, 0.05) is 12.6 Å². The SMILES string of the molecule is COC(=O)N[C@H](C(=O)N1CCC[C@H]1c1ncc(-c2ccc(-c3ccc(-c4cnc(C5[C@H]6CC[C@H](C6)N5C(=O)OC(C)(C)C)[nH]4)cc3)cc2)[nH]1)C(C)C. The fourth-order valence-electron chi connectivity index (χ4n) is 8.08. The summed E-state index contributed by atoms with van der Waals surface area (Å²) in [5.74, 6) is 1.72. The minimum absolute atomic E-state index is 0.0940. The molecule has 2 aliphatic heterocycles. The first-order valence-electron chi connectivity index (χ1n) is 18.4. The standard InChI is InChI=1S/C40H49N7O5/c1-23(2)33(45-38(49)51-6)37(48)46-19-7-8-32(46)35-41-21-30(43-35)26-13-9-24(10-14-26)25-11-15-27(16-12-25)31-22-42-36(44-31)34-28-17-18-29(20-28)47(34)39(50)52-40(3,4)5/h9-16,21-23,28-29,32-34H,7-8,17-20H2,1-6H3,(H,41,43)(H,42,44)(H,45,49)/t28-,29+,32-,33-,34?/m0/s1. The van der Waals surface area contributed by atoms with Crippen LogP contribution < -0.4 is 5.32 Å². The number of hydrogen-bond acceptors (Lipinski definition) is 7. The predicted molar refractivity (Wildman–Crippen MR) is 197 cm³/mol. The Labute approximate surface area is 304 Å². The lowest BCUT2D eigenvalue weighted by molar-refractivity contribution is -0.135. The molecule has 52 heavy (non-hydrogen) atoms. The maximum absolute atomic E-state index is 13.5. The molecule has 12 nitrogen and oxygen atoms in total. The van der Waals surface area contributed by atoms with Gasteiger partial charge >= 0.3 is 12.2 Å². The fourth-order valence-corrected chi connectivity index (χ4v) is 8.08. The van der Waals surface area contributed by atoms with Gasteiger partial charge in [0.2, 0.25) is 5.91 Å². The number of benzene rings is 2. The van der Waals surface area contributed by atoms with E-state index < -0.39 is 17.7 Å². The zero-order valence-corrected chi connectivity index (χ0v) is 30.8. The number of piperidine rings is 1. The molecule has 0 spiro atoms. The van der Waals surface area contributed by atoms with Crippen LogP contribution in [0.25, 0.3) is 33.6 Å². The minimum Gasteiger partial charge on any atom is -0.453 e. The van der Waals surface area contributed by atoms with Crippen molar-refractivity contribution < 1.29 is 23.9 Å². The predicted octanol–water partition coefficient (Wildman–Crippen LogP) is 7.64. The largest absolute Gasteiger partial charge is 0.453 e. The number of aromatic nitrogens is 4. The molecule has 0 radical (unpaired) electrons. The molecule has 2 aromatic carbocycles. The second-order valence-corrected chi connectivity index (χ2v) is 15.6. The quantitative estimate of drug-likeness (QED) is 0.171. The number of aromatic amines is 2. The van der Waals surface area contributed by atoms with Crippen LogP contribution in [0.5, 0.6) is 0 Å². The first kappa shape index (κ1) is 35.3. The minimum atomic E-state index is -0.676. The molecule has 4 aromatic rings. The van der Waals surface area contributed by atoms with Gasteiger partial charge in [-0.1, -0.05) is 62.4 Å². The number of likely N-dealkylation sites (tertiary alicyclic amines) is 2. The number of amides is 3. The molecular weight excluding hydrogens is 658 g/mol. The first-order valence-corrected chi connectivity index (χ1v) is 18.4. The average Bonchev–Trinajstić information content (AvgIpc) is 3.97. The molecule has 4 heterocycles. The van der Waals surface area contributed by atoms with Crippen molar-refractivity contribution in [3.05, 3.63) is 72.6 Å². The van der Waals surface area contributed by atoms with E-state index in [1.807, 2.05) is 56.8 Å². The van der Waals surface area contributed by atoms with E-state index in [1.54, 1.807) is 0 Å². The van der Waals surface area contributed by atoms with Crippen LogP contribution in [0.15, 0.2) is 60.9 Å². The Morgan fingerprint density at radius 2 is 1.42 bits per heavy atom. The van der Waals surface area contributed by atoms with Crippen LogP contribution in [-0.4, -0.2) is 79.2 Å². The molecule has 2 aromatic heterocycles. The average molecular weight is 708 g/mol. The van der Waals surface area contributed by atoms with Gasteiger partial charge in [0.25, 0.3) is 0 Å². The lowest BCUT2D eigenvalue weighted by Gasteiger charge is -2.35. The molecule has 3 amide bonds. The molecule has 3 aliphatic rings. The van der Waals surface area contributed by atoms with Gasteiger partial charge in [0.15, 0.2) is 0 Å². The molecule has 5 atom stereocenters. The highest BCUT2D eigenvalue weighted by Crippen LogP contribution is 2.50. The van der Waals surface area contributed by atoms with Crippen molar-refractivity contribution in [1.29, 1.82) is 0 Å². The summed E-state index contributed by atoms with van der Waals surface area (Å²) in [6, 6.07) is 16.0. The summed E-state index contributed by atoms with van der Waals surface area (Å²) in [5.41, 5.74) is 5.44. The van der Waals surface area contributed by atoms with Gasteiger partial charge in [-0.2, -0.15) is 0 Å². The van der Waals surface area contributed by atoms with Gasteiger partial charge in [0.1, 0.15) is 23.3 Å². The number of carbonyl (C=O) groups excluding carboxylic acids is 3. The molecule has 1 saturated carbocycles. The maximum Gasteiger partial charge on any atom is 0.411 e. The molecule has 3 fully saturated rings. The Hall–Kier alpha value is -5.13. The molecule has 2 bridgehead atoms. The van der Waals surface area contributed by atoms with Crippen LogP contribution in [0.4, 0.5) is 9.59 Å². The third-order valence-electron chi connectivity index (χ3n) is 10.6. The van der Waals surface area contributed by atoms with Crippen molar-refractivity contribution in [3.8, 4) is 33.6 Å². The van der Waals surface area contributed by atoms with Crippen molar-refractivity contribution in [1.82, 2.24) is 35.1 Å². The van der Waals surface area contributed by atoms with E-state index in [9.17, 15) is 14.4 Å². The van der Waals surface area contributed by atoms with Crippen LogP contribution in [0.2, 0.25) is 0 Å². The van der Waals surface area contributed by atoms with E-state index >= 15 is 0 Å². The summed E-state index contributed by atoms with van der Waals surface area (Å²) in [6.07, 6.45) is 7.55. The van der Waals surface area contributed by atoms with Crippen molar-refractivity contribution in [2.45, 2.75) is 96.5 Å². The summed E-state index contributed by atoms with van der Waals surface area (Å²) in [5, 5.41) is 2.70. The van der Waals surface area contributed by atoms with Crippen molar-refractivity contribution in [2.24, 2.45) is 11.8 Å². The van der Waals surface area contributed by atoms with Crippen molar-refractivity contribution >= 4 is 18.1 Å². The van der Waals surface area contributed by atoms with Gasteiger partial charge in [-0.25, -0.2) is 19.6 Å². The maximum atomic E-state index is 13.5. The van der Waals surface area contributed by atoms with E-state index in [0.29, 0.717) is 12.5 Å². The van der Waals surface area contributed by atoms with Crippen LogP contribution in [0.3, 0.4) is 0 Å². The molecular formula is C40H49N7O5. The summed E-state index contributed by atoms with van der Waals surface area (Å²) < 4.78 is 10.5. The van der Waals surface area contributed by atoms with Gasteiger partial charge in [-0.3, -0.25) is 9.69 Å². The molecule has 1 unspecified atom stereocenters. The monoisotopic (exact) mass is 707 g/mol. The molecule has 2 saturated heterocycles. The lowest BCUT2D eigenvalue weighted by atomic mass is 9.98. The number of ether oxygens (including phenoxy) is 2. The van der Waals surface area contributed by atoms with Crippen LogP contribution in [-0.2, 0) is 14.3 Å². The second kappa shape index (κ2) is 14.1. The summed E-state index contributed by atoms with van der Waals surface area (Å²) in [4.78, 5) is 58.8. The highest BCUT2D eigenvalue weighted by atomic mass is 16.6. The zero-order chi connectivity index (χ0) is 36.7. The third-order valence-corrected chi connectivity index (χ3v) is 10.6. The van der Waals surface area contributed by atoms with Gasteiger partial charge < -0.3 is 29.7 Å². The Morgan fingerprint density at radius 1 is 0.846 bits per heavy atom. The first-order chi connectivity index (χ1) is 24.9. The number of carbonyl (C=O) groups is 3. The van der Waals surface area contributed by atoms with E-state index in [0.717, 1.165) is 77.4 Å². The molecule has 7 rings (SSSR count). The molecule has 12 heteroatoms. The molecule has 1 aliphatic carbocycles. The number of methoxy groups -OCH3 is 1. The Balaban J connectivity index is 1.02. The molecule has 3 N–H and O–H groups in total. The number of rotatable bonds is 8.